The van der Waals surface area contributed by atoms with Gasteiger partial charge >= 0.3 is 0 Å². The molecule has 3 heteroatoms. The smallest absolute Gasteiger partial charge is 0.0624 e. The van der Waals surface area contributed by atoms with Gasteiger partial charge in [-0.15, -0.1) is 11.6 Å². The second-order valence-electron chi connectivity index (χ2n) is 5.07. The molecule has 0 aliphatic heterocycles. The number of nitrogens with zero attached hydrogens (tertiary/aromatic N) is 2. The second-order valence-corrected chi connectivity index (χ2v) is 5.38. The lowest BCUT2D eigenvalue weighted by Crippen LogP contribution is -2.08. The summed E-state index contributed by atoms with van der Waals surface area (Å²) in [5.41, 5.74) is 5.00. The molecule has 0 radical (unpaired) electrons. The Bertz CT molecular complexity index is 545. The number of alkyl halides is 1. The highest BCUT2D eigenvalue weighted by Gasteiger charge is 2.14. The van der Waals surface area contributed by atoms with Crippen LogP contribution in [0.15, 0.2) is 30.3 Å². The first kappa shape index (κ1) is 14.1. The fourth-order valence-electron chi connectivity index (χ4n) is 2.37. The summed E-state index contributed by atoms with van der Waals surface area (Å²) in [6.07, 6.45) is 1.92. The molecular weight excluding hydrogens is 256 g/mol. The van der Waals surface area contributed by atoms with Crippen LogP contribution in [0.5, 0.6) is 0 Å². The standard InChI is InChI=1S/C16H21ClN2/c1-4-15-10-16(19(3)18-15)9-14(11-17)13-7-5-6-12(2)8-13/h5-8,10,14H,4,9,11H2,1-3H3. The van der Waals surface area contributed by atoms with Crippen molar-refractivity contribution < 1.29 is 0 Å². The van der Waals surface area contributed by atoms with E-state index in [-0.39, 0.29) is 0 Å². The van der Waals surface area contributed by atoms with Gasteiger partial charge in [-0.05, 0) is 31.4 Å². The molecule has 1 aromatic carbocycles. The molecule has 0 spiro atoms. The van der Waals surface area contributed by atoms with E-state index in [0.717, 1.165) is 18.5 Å². The number of rotatable bonds is 5. The third-order valence-electron chi connectivity index (χ3n) is 3.54. The number of aromatic nitrogens is 2. The van der Waals surface area contributed by atoms with Crippen molar-refractivity contribution in [1.29, 1.82) is 0 Å². The highest BCUT2D eigenvalue weighted by Crippen LogP contribution is 2.23. The zero-order chi connectivity index (χ0) is 13.8. The summed E-state index contributed by atoms with van der Waals surface area (Å²) in [4.78, 5) is 0. The van der Waals surface area contributed by atoms with Crippen molar-refractivity contribution in [1.82, 2.24) is 9.78 Å². The van der Waals surface area contributed by atoms with Gasteiger partial charge < -0.3 is 0 Å². The fraction of sp³-hybridized carbons (Fsp3) is 0.438. The van der Waals surface area contributed by atoms with Crippen LogP contribution in [-0.2, 0) is 19.9 Å². The molecule has 0 amide bonds. The van der Waals surface area contributed by atoms with Crippen molar-refractivity contribution in [3.63, 3.8) is 0 Å². The topological polar surface area (TPSA) is 17.8 Å². The predicted molar refractivity (Wildman–Crippen MR) is 80.9 cm³/mol. The number of hydrogen-bond donors (Lipinski definition) is 0. The quantitative estimate of drug-likeness (QED) is 0.759. The highest BCUT2D eigenvalue weighted by molar-refractivity contribution is 6.18. The van der Waals surface area contributed by atoms with E-state index in [0.29, 0.717) is 11.8 Å². The Balaban J connectivity index is 2.21. The Hall–Kier alpha value is -1.28. The van der Waals surface area contributed by atoms with Gasteiger partial charge in [0.25, 0.3) is 0 Å². The normalized spacial score (nSPS) is 12.6. The molecule has 0 saturated heterocycles. The molecule has 0 bridgehead atoms. The maximum atomic E-state index is 6.17. The Kier molecular flexibility index (Phi) is 4.65. The molecule has 1 unspecified atom stereocenters. The van der Waals surface area contributed by atoms with Gasteiger partial charge in [0, 0.05) is 24.5 Å². The summed E-state index contributed by atoms with van der Waals surface area (Å²) in [5.74, 6) is 0.984. The number of halogens is 1. The van der Waals surface area contributed by atoms with Gasteiger partial charge in [0.15, 0.2) is 0 Å². The van der Waals surface area contributed by atoms with Crippen LogP contribution >= 0.6 is 11.6 Å². The maximum Gasteiger partial charge on any atom is 0.0624 e. The first-order chi connectivity index (χ1) is 9.13. The van der Waals surface area contributed by atoms with Crippen LogP contribution < -0.4 is 0 Å². The van der Waals surface area contributed by atoms with Crippen LogP contribution in [0.1, 0.15) is 35.4 Å². The van der Waals surface area contributed by atoms with Crippen molar-refractivity contribution in [2.45, 2.75) is 32.6 Å². The lowest BCUT2D eigenvalue weighted by atomic mass is 9.94. The molecule has 0 saturated carbocycles. The van der Waals surface area contributed by atoms with E-state index < -0.39 is 0 Å². The van der Waals surface area contributed by atoms with E-state index in [1.807, 2.05) is 11.7 Å². The molecule has 1 atom stereocenters. The van der Waals surface area contributed by atoms with Crippen molar-refractivity contribution in [2.24, 2.45) is 7.05 Å². The molecule has 0 aliphatic carbocycles. The monoisotopic (exact) mass is 276 g/mol. The third kappa shape index (κ3) is 3.38. The lowest BCUT2D eigenvalue weighted by molar-refractivity contribution is 0.655. The van der Waals surface area contributed by atoms with Gasteiger partial charge in [-0.2, -0.15) is 5.10 Å². The average molecular weight is 277 g/mol. The fourth-order valence-corrected chi connectivity index (χ4v) is 2.66. The summed E-state index contributed by atoms with van der Waals surface area (Å²) >= 11 is 6.17. The Morgan fingerprint density at radius 2 is 2.11 bits per heavy atom. The van der Waals surface area contributed by atoms with Crippen LogP contribution in [0.3, 0.4) is 0 Å². The minimum absolute atomic E-state index is 0.349. The molecule has 1 heterocycles. The van der Waals surface area contributed by atoms with E-state index in [1.165, 1.54) is 16.8 Å². The predicted octanol–water partition coefficient (Wildman–Crippen LogP) is 3.86. The van der Waals surface area contributed by atoms with E-state index in [1.54, 1.807) is 0 Å². The molecule has 0 aliphatic rings. The third-order valence-corrected chi connectivity index (χ3v) is 3.92. The van der Waals surface area contributed by atoms with E-state index in [9.17, 15) is 0 Å². The van der Waals surface area contributed by atoms with Gasteiger partial charge in [-0.3, -0.25) is 4.68 Å². The Morgan fingerprint density at radius 3 is 2.68 bits per heavy atom. The molecule has 19 heavy (non-hydrogen) atoms. The Morgan fingerprint density at radius 1 is 1.32 bits per heavy atom. The molecular formula is C16H21ClN2. The maximum absolute atomic E-state index is 6.17. The minimum atomic E-state index is 0.349. The van der Waals surface area contributed by atoms with Crippen LogP contribution in [0.2, 0.25) is 0 Å². The molecule has 2 aromatic rings. The number of hydrogen-bond acceptors (Lipinski definition) is 1. The first-order valence-electron chi connectivity index (χ1n) is 6.78. The van der Waals surface area contributed by atoms with Gasteiger partial charge in [0.2, 0.25) is 0 Å². The molecule has 2 nitrogen and oxygen atoms in total. The summed E-state index contributed by atoms with van der Waals surface area (Å²) in [6, 6.07) is 10.8. The Labute approximate surface area is 120 Å². The summed E-state index contributed by atoms with van der Waals surface area (Å²) in [6.45, 7) is 4.25. The second kappa shape index (κ2) is 6.25. The SMILES string of the molecule is CCc1cc(CC(CCl)c2cccc(C)c2)n(C)n1. The van der Waals surface area contributed by atoms with Crippen molar-refractivity contribution in [3.8, 4) is 0 Å². The van der Waals surface area contributed by atoms with Crippen molar-refractivity contribution in [2.75, 3.05) is 5.88 Å². The largest absolute Gasteiger partial charge is 0.272 e. The zero-order valence-corrected chi connectivity index (χ0v) is 12.6. The molecule has 102 valence electrons. The summed E-state index contributed by atoms with van der Waals surface area (Å²) < 4.78 is 1.98. The summed E-state index contributed by atoms with van der Waals surface area (Å²) in [5, 5.41) is 4.50. The molecule has 2 rings (SSSR count). The van der Waals surface area contributed by atoms with Crippen LogP contribution in [0, 0.1) is 6.92 Å². The van der Waals surface area contributed by atoms with Crippen LogP contribution in [0.4, 0.5) is 0 Å². The molecule has 0 N–H and O–H groups in total. The van der Waals surface area contributed by atoms with E-state index >= 15 is 0 Å². The molecule has 0 fully saturated rings. The number of benzene rings is 1. The number of aryl methyl sites for hydroxylation is 3. The first-order valence-corrected chi connectivity index (χ1v) is 7.31. The van der Waals surface area contributed by atoms with Gasteiger partial charge in [0.05, 0.1) is 5.69 Å². The lowest BCUT2D eigenvalue weighted by Gasteiger charge is -2.15. The highest BCUT2D eigenvalue weighted by atomic mass is 35.5. The van der Waals surface area contributed by atoms with Crippen molar-refractivity contribution in [3.05, 3.63) is 52.8 Å². The zero-order valence-electron chi connectivity index (χ0n) is 11.9. The van der Waals surface area contributed by atoms with Crippen LogP contribution in [-0.4, -0.2) is 15.7 Å². The van der Waals surface area contributed by atoms with Crippen LogP contribution in [0.25, 0.3) is 0 Å². The van der Waals surface area contributed by atoms with E-state index in [4.69, 9.17) is 11.6 Å². The average Bonchev–Trinajstić information content (AvgIpc) is 2.76. The summed E-state index contributed by atoms with van der Waals surface area (Å²) in [7, 11) is 2.01. The van der Waals surface area contributed by atoms with Crippen molar-refractivity contribution >= 4 is 11.6 Å². The van der Waals surface area contributed by atoms with Gasteiger partial charge in [-0.1, -0.05) is 36.8 Å². The molecule has 1 aromatic heterocycles. The van der Waals surface area contributed by atoms with Gasteiger partial charge in [-0.25, -0.2) is 0 Å². The van der Waals surface area contributed by atoms with Gasteiger partial charge in [0.1, 0.15) is 0 Å². The van der Waals surface area contributed by atoms with E-state index in [2.05, 4.69) is 49.3 Å². The minimum Gasteiger partial charge on any atom is -0.272 e.